The van der Waals surface area contributed by atoms with Gasteiger partial charge in [-0.05, 0) is 31.6 Å². The second-order valence-corrected chi connectivity index (χ2v) is 5.15. The highest BCUT2D eigenvalue weighted by Gasteiger charge is 2.29. The van der Waals surface area contributed by atoms with Crippen LogP contribution in [0.1, 0.15) is 38.5 Å². The zero-order valence-corrected chi connectivity index (χ0v) is 10.0. The van der Waals surface area contributed by atoms with E-state index in [-0.39, 0.29) is 18.6 Å². The van der Waals surface area contributed by atoms with Gasteiger partial charge in [0.2, 0.25) is 0 Å². The molecule has 2 aliphatic carbocycles. The Labute approximate surface area is 101 Å². The van der Waals surface area contributed by atoms with Crippen molar-refractivity contribution in [1.29, 1.82) is 0 Å². The molecular weight excluding hydrogens is 220 g/mol. The van der Waals surface area contributed by atoms with Crippen LogP contribution in [-0.2, 0) is 4.79 Å². The van der Waals surface area contributed by atoms with E-state index < -0.39 is 5.97 Å². The minimum atomic E-state index is -0.938. The van der Waals surface area contributed by atoms with Gasteiger partial charge in [-0.2, -0.15) is 0 Å². The summed E-state index contributed by atoms with van der Waals surface area (Å²) in [5.41, 5.74) is 0. The first-order valence-electron chi connectivity index (χ1n) is 6.42. The molecule has 0 spiro atoms. The van der Waals surface area contributed by atoms with Crippen molar-refractivity contribution >= 4 is 12.0 Å². The largest absolute Gasteiger partial charge is 0.480 e. The van der Waals surface area contributed by atoms with Crippen molar-refractivity contribution in [1.82, 2.24) is 10.2 Å². The lowest BCUT2D eigenvalue weighted by Crippen LogP contribution is -2.46. The lowest BCUT2D eigenvalue weighted by molar-refractivity contribution is -0.137. The second-order valence-electron chi connectivity index (χ2n) is 5.15. The molecule has 5 nitrogen and oxygen atoms in total. The van der Waals surface area contributed by atoms with Crippen LogP contribution >= 0.6 is 0 Å². The number of rotatable bonds is 5. The second kappa shape index (κ2) is 5.38. The zero-order chi connectivity index (χ0) is 12.3. The van der Waals surface area contributed by atoms with E-state index in [2.05, 4.69) is 5.32 Å². The van der Waals surface area contributed by atoms with Gasteiger partial charge in [0.25, 0.3) is 0 Å². The van der Waals surface area contributed by atoms with Crippen LogP contribution in [0.25, 0.3) is 0 Å². The van der Waals surface area contributed by atoms with Crippen molar-refractivity contribution in [2.24, 2.45) is 5.92 Å². The van der Waals surface area contributed by atoms with Crippen molar-refractivity contribution in [3.8, 4) is 0 Å². The van der Waals surface area contributed by atoms with Gasteiger partial charge < -0.3 is 15.3 Å². The molecule has 17 heavy (non-hydrogen) atoms. The Morgan fingerprint density at radius 1 is 1.18 bits per heavy atom. The molecular formula is C12H20N2O3. The fourth-order valence-corrected chi connectivity index (χ4v) is 2.33. The quantitative estimate of drug-likeness (QED) is 0.764. The number of amides is 2. The Morgan fingerprint density at radius 3 is 2.35 bits per heavy atom. The first-order chi connectivity index (χ1) is 8.15. The van der Waals surface area contributed by atoms with E-state index in [9.17, 15) is 9.59 Å². The van der Waals surface area contributed by atoms with Gasteiger partial charge in [0.15, 0.2) is 0 Å². The number of aliphatic carboxylic acids is 1. The Hall–Kier alpha value is -1.26. The van der Waals surface area contributed by atoms with Crippen LogP contribution in [0, 0.1) is 5.92 Å². The Kier molecular flexibility index (Phi) is 3.86. The fourth-order valence-electron chi connectivity index (χ4n) is 2.33. The summed E-state index contributed by atoms with van der Waals surface area (Å²) in [4.78, 5) is 24.1. The van der Waals surface area contributed by atoms with Crippen LogP contribution in [0.15, 0.2) is 0 Å². The highest BCUT2D eigenvalue weighted by molar-refractivity contribution is 5.80. The maximum Gasteiger partial charge on any atom is 0.323 e. The van der Waals surface area contributed by atoms with Crippen molar-refractivity contribution in [3.05, 3.63) is 0 Å². The van der Waals surface area contributed by atoms with Gasteiger partial charge in [0.05, 0.1) is 0 Å². The summed E-state index contributed by atoms with van der Waals surface area (Å²) in [6, 6.07) is 0.0456. The smallest absolute Gasteiger partial charge is 0.323 e. The van der Waals surface area contributed by atoms with Crippen LogP contribution in [-0.4, -0.2) is 41.1 Å². The molecule has 0 aliphatic heterocycles. The molecule has 0 unspecified atom stereocenters. The predicted octanol–water partition coefficient (Wildman–Crippen LogP) is 1.44. The maximum absolute atomic E-state index is 11.9. The molecule has 0 aromatic heterocycles. The summed E-state index contributed by atoms with van der Waals surface area (Å²) in [5, 5.41) is 11.7. The van der Waals surface area contributed by atoms with Crippen LogP contribution < -0.4 is 5.32 Å². The van der Waals surface area contributed by atoms with E-state index >= 15 is 0 Å². The number of carboxylic acids is 1. The van der Waals surface area contributed by atoms with Gasteiger partial charge in [0.1, 0.15) is 6.54 Å². The molecule has 5 heteroatoms. The van der Waals surface area contributed by atoms with Crippen LogP contribution in [0.5, 0.6) is 0 Å². The Balaban J connectivity index is 1.83. The molecule has 0 saturated heterocycles. The molecule has 0 radical (unpaired) electrons. The monoisotopic (exact) mass is 240 g/mol. The summed E-state index contributed by atoms with van der Waals surface area (Å²) in [6.07, 6.45) is 6.60. The molecule has 2 amide bonds. The molecule has 0 aromatic carbocycles. The van der Waals surface area contributed by atoms with Crippen LogP contribution in [0.3, 0.4) is 0 Å². The Bertz CT molecular complexity index is 296. The molecule has 2 saturated carbocycles. The van der Waals surface area contributed by atoms with Crippen molar-refractivity contribution in [2.75, 3.05) is 13.1 Å². The van der Waals surface area contributed by atoms with E-state index in [0.717, 1.165) is 38.5 Å². The number of hydrogen-bond donors (Lipinski definition) is 2. The van der Waals surface area contributed by atoms with Gasteiger partial charge >= 0.3 is 12.0 Å². The number of carbonyl (C=O) groups excluding carboxylic acids is 1. The average Bonchev–Trinajstić information content (AvgIpc) is 2.92. The highest BCUT2D eigenvalue weighted by atomic mass is 16.4. The molecule has 2 fully saturated rings. The molecule has 0 atom stereocenters. The molecule has 2 aliphatic rings. The summed E-state index contributed by atoms with van der Waals surface area (Å²) < 4.78 is 0. The number of carboxylic acid groups (broad SMARTS) is 1. The normalized spacial score (nSPS) is 20.2. The summed E-state index contributed by atoms with van der Waals surface area (Å²) in [6.45, 7) is 0.403. The first-order valence-corrected chi connectivity index (χ1v) is 6.42. The minimum Gasteiger partial charge on any atom is -0.480 e. The molecule has 0 bridgehead atoms. The third-order valence-corrected chi connectivity index (χ3v) is 3.47. The zero-order valence-electron chi connectivity index (χ0n) is 10.0. The van der Waals surface area contributed by atoms with E-state index in [1.807, 2.05) is 0 Å². The van der Waals surface area contributed by atoms with Gasteiger partial charge in [-0.3, -0.25) is 4.79 Å². The summed E-state index contributed by atoms with van der Waals surface area (Å²) >= 11 is 0. The first kappa shape index (κ1) is 12.2. The Morgan fingerprint density at radius 2 is 1.82 bits per heavy atom. The predicted molar refractivity (Wildman–Crippen MR) is 62.7 cm³/mol. The third kappa shape index (κ3) is 3.91. The van der Waals surface area contributed by atoms with Crippen molar-refractivity contribution in [2.45, 2.75) is 44.6 Å². The van der Waals surface area contributed by atoms with Crippen molar-refractivity contribution in [3.63, 3.8) is 0 Å². The number of nitrogens with zero attached hydrogens (tertiary/aromatic N) is 1. The summed E-state index contributed by atoms with van der Waals surface area (Å²) in [5.74, 6) is -0.420. The number of nitrogens with one attached hydrogen (secondary N) is 1. The lowest BCUT2D eigenvalue weighted by atomic mass is 10.2. The molecule has 96 valence electrons. The van der Waals surface area contributed by atoms with E-state index in [4.69, 9.17) is 5.11 Å². The highest BCUT2D eigenvalue weighted by Crippen LogP contribution is 2.29. The van der Waals surface area contributed by atoms with E-state index in [0.29, 0.717) is 12.5 Å². The van der Waals surface area contributed by atoms with Gasteiger partial charge in [-0.25, -0.2) is 4.79 Å². The van der Waals surface area contributed by atoms with Gasteiger partial charge in [-0.1, -0.05) is 12.8 Å². The van der Waals surface area contributed by atoms with Crippen molar-refractivity contribution < 1.29 is 14.7 Å². The van der Waals surface area contributed by atoms with Gasteiger partial charge in [-0.15, -0.1) is 0 Å². The fraction of sp³-hybridized carbons (Fsp3) is 0.833. The number of carbonyl (C=O) groups is 2. The molecule has 2 rings (SSSR count). The maximum atomic E-state index is 11.9. The average molecular weight is 240 g/mol. The molecule has 2 N–H and O–H groups in total. The summed E-state index contributed by atoms with van der Waals surface area (Å²) in [7, 11) is 0. The van der Waals surface area contributed by atoms with Crippen LogP contribution in [0.4, 0.5) is 4.79 Å². The number of hydrogen-bond acceptors (Lipinski definition) is 2. The topological polar surface area (TPSA) is 69.6 Å². The molecule has 0 heterocycles. The lowest BCUT2D eigenvalue weighted by Gasteiger charge is -2.23. The van der Waals surface area contributed by atoms with E-state index in [1.54, 1.807) is 0 Å². The van der Waals surface area contributed by atoms with Crippen LogP contribution in [0.2, 0.25) is 0 Å². The SMILES string of the molecule is O=C(O)CN(CC1CC1)C(=O)NC1CCCC1. The van der Waals surface area contributed by atoms with Gasteiger partial charge in [0, 0.05) is 12.6 Å². The standard InChI is InChI=1S/C12H20N2O3/c15-11(16)8-14(7-9-5-6-9)12(17)13-10-3-1-2-4-10/h9-10H,1-8H2,(H,13,17)(H,15,16). The van der Waals surface area contributed by atoms with E-state index in [1.165, 1.54) is 4.90 Å². The third-order valence-electron chi connectivity index (χ3n) is 3.47. The minimum absolute atomic E-state index is 0.185. The number of urea groups is 1. The molecule has 0 aromatic rings.